The molecule has 2 aromatic rings. The third kappa shape index (κ3) is 4.73. The lowest BCUT2D eigenvalue weighted by molar-refractivity contribution is -0.885. The van der Waals surface area contributed by atoms with Crippen molar-refractivity contribution in [2.75, 3.05) is 31.0 Å². The zero-order valence-electron chi connectivity index (χ0n) is 14.8. The fourth-order valence-electron chi connectivity index (χ4n) is 2.78. The Labute approximate surface area is 151 Å². The Balaban J connectivity index is 1.50. The molecular formula is C19H22N3O4+. The minimum Gasteiger partial charge on any atom is -0.454 e. The van der Waals surface area contributed by atoms with Crippen molar-refractivity contribution in [3.05, 3.63) is 48.0 Å². The van der Waals surface area contributed by atoms with Crippen LogP contribution in [0.25, 0.3) is 0 Å². The molecule has 1 atom stereocenters. The third-order valence-electron chi connectivity index (χ3n) is 3.89. The zero-order chi connectivity index (χ0) is 18.5. The van der Waals surface area contributed by atoms with E-state index in [2.05, 4.69) is 10.6 Å². The molecule has 0 radical (unpaired) electrons. The quantitative estimate of drug-likeness (QED) is 0.722. The highest BCUT2D eigenvalue weighted by Crippen LogP contribution is 2.32. The van der Waals surface area contributed by atoms with Gasteiger partial charge in [0.25, 0.3) is 5.91 Å². The van der Waals surface area contributed by atoms with E-state index < -0.39 is 0 Å². The van der Waals surface area contributed by atoms with Crippen LogP contribution in [0.1, 0.15) is 12.5 Å². The van der Waals surface area contributed by atoms with Crippen LogP contribution in [-0.2, 0) is 16.1 Å². The van der Waals surface area contributed by atoms with Gasteiger partial charge in [-0.25, -0.2) is 0 Å². The van der Waals surface area contributed by atoms with Gasteiger partial charge in [-0.15, -0.1) is 0 Å². The summed E-state index contributed by atoms with van der Waals surface area (Å²) in [5.74, 6) is 1.30. The number of amides is 2. The lowest BCUT2D eigenvalue weighted by atomic mass is 10.2. The van der Waals surface area contributed by atoms with Crippen LogP contribution in [-0.4, -0.2) is 32.2 Å². The highest BCUT2D eigenvalue weighted by atomic mass is 16.7. The average Bonchev–Trinajstić information content (AvgIpc) is 3.03. The highest BCUT2D eigenvalue weighted by Gasteiger charge is 2.16. The summed E-state index contributed by atoms with van der Waals surface area (Å²) in [6.45, 7) is 2.74. The summed E-state index contributed by atoms with van der Waals surface area (Å²) in [5.41, 5.74) is 2.47. The fourth-order valence-corrected chi connectivity index (χ4v) is 2.78. The Bertz CT molecular complexity index is 805. The minimum atomic E-state index is -0.129. The van der Waals surface area contributed by atoms with Crippen molar-refractivity contribution in [2.45, 2.75) is 13.5 Å². The summed E-state index contributed by atoms with van der Waals surface area (Å²) in [6, 6.07) is 12.8. The van der Waals surface area contributed by atoms with Gasteiger partial charge in [0.2, 0.25) is 12.7 Å². The van der Waals surface area contributed by atoms with Crippen molar-refractivity contribution in [1.82, 2.24) is 0 Å². The van der Waals surface area contributed by atoms with E-state index in [-0.39, 0.29) is 18.6 Å². The van der Waals surface area contributed by atoms with E-state index in [4.69, 9.17) is 9.47 Å². The summed E-state index contributed by atoms with van der Waals surface area (Å²) in [5, 5.41) is 5.55. The lowest BCUT2D eigenvalue weighted by Crippen LogP contribution is -3.08. The number of rotatable bonds is 6. The molecule has 1 heterocycles. The zero-order valence-corrected chi connectivity index (χ0v) is 14.8. The van der Waals surface area contributed by atoms with Gasteiger partial charge in [-0.1, -0.05) is 0 Å². The first-order valence-electron chi connectivity index (χ1n) is 8.37. The molecule has 1 aliphatic rings. The highest BCUT2D eigenvalue weighted by molar-refractivity contribution is 5.92. The van der Waals surface area contributed by atoms with Crippen LogP contribution < -0.4 is 25.0 Å². The van der Waals surface area contributed by atoms with E-state index in [1.165, 1.54) is 6.92 Å². The average molecular weight is 356 g/mol. The van der Waals surface area contributed by atoms with Gasteiger partial charge < -0.3 is 25.0 Å². The van der Waals surface area contributed by atoms with Crippen LogP contribution >= 0.6 is 0 Å². The van der Waals surface area contributed by atoms with Gasteiger partial charge in [0.1, 0.15) is 6.54 Å². The van der Waals surface area contributed by atoms with E-state index in [9.17, 15) is 9.59 Å². The Kier molecular flexibility index (Phi) is 5.38. The van der Waals surface area contributed by atoms with Crippen molar-refractivity contribution in [3.8, 4) is 11.5 Å². The van der Waals surface area contributed by atoms with E-state index in [1.807, 2.05) is 25.2 Å². The molecule has 1 unspecified atom stereocenters. The molecule has 0 aromatic heterocycles. The topological polar surface area (TPSA) is 81.1 Å². The molecule has 0 saturated carbocycles. The van der Waals surface area contributed by atoms with Crippen LogP contribution in [0, 0.1) is 0 Å². The predicted octanol–water partition coefficient (Wildman–Crippen LogP) is 1.03. The van der Waals surface area contributed by atoms with Crippen molar-refractivity contribution >= 4 is 23.2 Å². The molecule has 0 aliphatic carbocycles. The number of quaternary nitrogens is 1. The van der Waals surface area contributed by atoms with Gasteiger partial charge in [0, 0.05) is 23.9 Å². The number of likely N-dealkylation sites (N-methyl/N-ethyl adjacent to an activating group) is 1. The van der Waals surface area contributed by atoms with Gasteiger partial charge in [0.05, 0.1) is 7.05 Å². The number of carbonyl (C=O) groups is 2. The van der Waals surface area contributed by atoms with Crippen LogP contribution in [0.15, 0.2) is 42.5 Å². The maximum absolute atomic E-state index is 12.2. The molecule has 7 heteroatoms. The van der Waals surface area contributed by atoms with Crippen molar-refractivity contribution in [2.24, 2.45) is 0 Å². The molecule has 3 N–H and O–H groups in total. The van der Waals surface area contributed by atoms with Crippen molar-refractivity contribution in [3.63, 3.8) is 0 Å². The second kappa shape index (κ2) is 7.88. The summed E-state index contributed by atoms with van der Waals surface area (Å²) in [4.78, 5) is 24.3. The molecule has 7 nitrogen and oxygen atoms in total. The van der Waals surface area contributed by atoms with E-state index >= 15 is 0 Å². The number of ether oxygens (including phenoxy) is 2. The molecule has 0 spiro atoms. The summed E-state index contributed by atoms with van der Waals surface area (Å²) < 4.78 is 10.7. The Morgan fingerprint density at radius 3 is 2.35 bits per heavy atom. The molecule has 0 saturated heterocycles. The number of hydrogen-bond acceptors (Lipinski definition) is 4. The SMILES string of the molecule is CC(=O)Nc1ccc(NC(=O)C[NH+](C)Cc2ccc3c(c2)OCO3)cc1. The van der Waals surface area contributed by atoms with Gasteiger partial charge in [0.15, 0.2) is 18.0 Å². The standard InChI is InChI=1S/C19H21N3O4/c1-13(23)20-15-4-6-16(7-5-15)21-19(24)11-22(2)10-14-3-8-17-18(9-14)26-12-25-17/h3-9H,10-12H2,1-2H3,(H,20,23)(H,21,24)/p+1. The minimum absolute atomic E-state index is 0.0736. The van der Waals surface area contributed by atoms with Gasteiger partial charge in [-0.3, -0.25) is 9.59 Å². The molecule has 0 bridgehead atoms. The Morgan fingerprint density at radius 2 is 1.65 bits per heavy atom. The molecule has 1 aliphatic heterocycles. The largest absolute Gasteiger partial charge is 0.454 e. The number of benzene rings is 2. The predicted molar refractivity (Wildman–Crippen MR) is 97.4 cm³/mol. The Hall–Kier alpha value is -3.06. The maximum atomic E-state index is 12.2. The molecule has 0 fully saturated rings. The second-order valence-electron chi connectivity index (χ2n) is 6.30. The van der Waals surface area contributed by atoms with Crippen molar-refractivity contribution < 1.29 is 24.0 Å². The lowest BCUT2D eigenvalue weighted by Gasteiger charge is -2.14. The maximum Gasteiger partial charge on any atom is 0.279 e. The van der Waals surface area contributed by atoms with Crippen LogP contribution in [0.5, 0.6) is 11.5 Å². The molecule has 2 aromatic carbocycles. The summed E-state index contributed by atoms with van der Waals surface area (Å²) >= 11 is 0. The van der Waals surface area contributed by atoms with E-state index in [1.54, 1.807) is 24.3 Å². The summed E-state index contributed by atoms with van der Waals surface area (Å²) in [6.07, 6.45) is 0. The number of anilines is 2. The fraction of sp³-hybridized carbons (Fsp3) is 0.263. The van der Waals surface area contributed by atoms with E-state index in [0.717, 1.165) is 22.0 Å². The third-order valence-corrected chi connectivity index (χ3v) is 3.89. The second-order valence-corrected chi connectivity index (χ2v) is 6.30. The molecule has 136 valence electrons. The smallest absolute Gasteiger partial charge is 0.279 e. The Morgan fingerprint density at radius 1 is 1.00 bits per heavy atom. The van der Waals surface area contributed by atoms with Crippen molar-refractivity contribution in [1.29, 1.82) is 0 Å². The van der Waals surface area contributed by atoms with Crippen LogP contribution in [0.2, 0.25) is 0 Å². The molecule has 3 rings (SSSR count). The van der Waals surface area contributed by atoms with Gasteiger partial charge in [-0.2, -0.15) is 0 Å². The normalized spacial score (nSPS) is 13.2. The first-order valence-corrected chi connectivity index (χ1v) is 8.37. The number of fused-ring (bicyclic) bond motifs is 1. The molecule has 26 heavy (non-hydrogen) atoms. The monoisotopic (exact) mass is 356 g/mol. The van der Waals surface area contributed by atoms with Gasteiger partial charge >= 0.3 is 0 Å². The van der Waals surface area contributed by atoms with Gasteiger partial charge in [-0.05, 0) is 42.5 Å². The molecular weight excluding hydrogens is 334 g/mol. The van der Waals surface area contributed by atoms with E-state index in [0.29, 0.717) is 24.5 Å². The first kappa shape index (κ1) is 17.8. The van der Waals surface area contributed by atoms with Crippen LogP contribution in [0.4, 0.5) is 11.4 Å². The summed E-state index contributed by atoms with van der Waals surface area (Å²) in [7, 11) is 1.96. The molecule has 2 amide bonds. The number of hydrogen-bond donors (Lipinski definition) is 3. The van der Waals surface area contributed by atoms with Crippen LogP contribution in [0.3, 0.4) is 0 Å². The first-order chi connectivity index (χ1) is 12.5. The number of carbonyl (C=O) groups excluding carboxylic acids is 2. The number of nitrogens with one attached hydrogen (secondary N) is 3.